The van der Waals surface area contributed by atoms with E-state index in [0.717, 1.165) is 0 Å². The van der Waals surface area contributed by atoms with Crippen molar-refractivity contribution in [2.24, 2.45) is 16.5 Å². The van der Waals surface area contributed by atoms with Gasteiger partial charge in [0.25, 0.3) is 0 Å². The lowest BCUT2D eigenvalue weighted by atomic mass is 10.2. The van der Waals surface area contributed by atoms with Crippen molar-refractivity contribution in [3.63, 3.8) is 0 Å². The minimum absolute atomic E-state index is 0.0568. The van der Waals surface area contributed by atoms with E-state index in [-0.39, 0.29) is 23.9 Å². The number of nitrogens with zero attached hydrogens (tertiary/aromatic N) is 5. The fraction of sp³-hybridized carbons (Fsp3) is 0.158. The van der Waals surface area contributed by atoms with Crippen LogP contribution in [0.5, 0.6) is 0 Å². The molecule has 0 saturated heterocycles. The summed E-state index contributed by atoms with van der Waals surface area (Å²) in [6.45, 7) is 0.167. The van der Waals surface area contributed by atoms with Crippen molar-refractivity contribution in [2.45, 2.75) is 12.7 Å². The first kappa shape index (κ1) is 19.3. The van der Waals surface area contributed by atoms with E-state index in [1.54, 1.807) is 47.1 Å². The lowest BCUT2D eigenvalue weighted by Gasteiger charge is -2.32. The summed E-state index contributed by atoms with van der Waals surface area (Å²) in [6.07, 6.45) is -0.552. The van der Waals surface area contributed by atoms with Gasteiger partial charge in [-0.25, -0.2) is 23.8 Å². The van der Waals surface area contributed by atoms with E-state index in [9.17, 15) is 9.18 Å². The summed E-state index contributed by atoms with van der Waals surface area (Å²) in [4.78, 5) is 21.3. The summed E-state index contributed by atoms with van der Waals surface area (Å²) >= 11 is 0. The molecule has 3 heterocycles. The fourth-order valence-corrected chi connectivity index (χ4v) is 3.28. The van der Waals surface area contributed by atoms with Crippen molar-refractivity contribution < 1.29 is 14.3 Å². The van der Waals surface area contributed by atoms with E-state index >= 15 is 0 Å². The van der Waals surface area contributed by atoms with Crippen LogP contribution in [-0.2, 0) is 6.54 Å². The molecule has 1 aliphatic heterocycles. The number of carbonyl (C=O) groups is 1. The second-order valence-corrected chi connectivity index (χ2v) is 6.69. The zero-order valence-electron chi connectivity index (χ0n) is 16.0. The molecule has 0 fully saturated rings. The van der Waals surface area contributed by atoms with E-state index in [1.165, 1.54) is 6.07 Å². The highest BCUT2D eigenvalue weighted by molar-refractivity contribution is 6.08. The van der Waals surface area contributed by atoms with E-state index in [2.05, 4.69) is 20.4 Å². The molecule has 10 nitrogen and oxygen atoms in total. The number of aliphatic imine (C=N–C) groups is 1. The first-order valence-electron chi connectivity index (χ1n) is 8.99. The number of rotatable bonds is 4. The molecule has 154 valence electrons. The normalized spacial score (nSPS) is 16.7. The Kier molecular flexibility index (Phi) is 4.80. The third kappa shape index (κ3) is 3.31. The number of hydrogen-bond donors (Lipinski definition) is 4. The van der Waals surface area contributed by atoms with E-state index in [1.807, 2.05) is 6.07 Å². The molecule has 6 N–H and O–H groups in total. The Balaban J connectivity index is 1.83. The first-order chi connectivity index (χ1) is 14.4. The van der Waals surface area contributed by atoms with Crippen LogP contribution >= 0.6 is 0 Å². The topological polar surface area (TPSA) is 148 Å². The van der Waals surface area contributed by atoms with Gasteiger partial charge < -0.3 is 21.5 Å². The van der Waals surface area contributed by atoms with Crippen LogP contribution in [0.15, 0.2) is 59.1 Å². The number of nitrogens with two attached hydrogens (primary N) is 2. The van der Waals surface area contributed by atoms with Crippen LogP contribution in [0.1, 0.15) is 11.3 Å². The molecule has 0 spiro atoms. The Morgan fingerprint density at radius 3 is 2.80 bits per heavy atom. The van der Waals surface area contributed by atoms with Gasteiger partial charge in [0, 0.05) is 18.8 Å². The molecule has 1 aliphatic rings. The number of likely N-dealkylation sites (N-methyl/N-ethyl adjacent to an activating group) is 1. The molecule has 4 rings (SSSR count). The molecule has 0 bridgehead atoms. The molecule has 0 radical (unpaired) electrons. The van der Waals surface area contributed by atoms with Crippen molar-refractivity contribution in [1.82, 2.24) is 25.0 Å². The number of aromatic nitrogens is 3. The smallest absolute Gasteiger partial charge is 0.409 e. The van der Waals surface area contributed by atoms with Crippen molar-refractivity contribution in [3.8, 4) is 0 Å². The van der Waals surface area contributed by atoms with Gasteiger partial charge >= 0.3 is 6.09 Å². The van der Waals surface area contributed by atoms with E-state index < -0.39 is 12.3 Å². The zero-order valence-corrected chi connectivity index (χ0v) is 16.0. The van der Waals surface area contributed by atoms with Crippen LogP contribution in [0.25, 0.3) is 11.0 Å². The van der Waals surface area contributed by atoms with E-state index in [0.29, 0.717) is 28.1 Å². The molecule has 0 aliphatic carbocycles. The van der Waals surface area contributed by atoms with Crippen molar-refractivity contribution in [1.29, 1.82) is 0 Å². The third-order valence-electron chi connectivity index (χ3n) is 4.79. The fourth-order valence-electron chi connectivity index (χ4n) is 3.28. The first-order valence-corrected chi connectivity index (χ1v) is 8.99. The lowest BCUT2D eigenvalue weighted by molar-refractivity contribution is 0.195. The molecule has 1 unspecified atom stereocenters. The summed E-state index contributed by atoms with van der Waals surface area (Å²) < 4.78 is 15.7. The predicted molar refractivity (Wildman–Crippen MR) is 108 cm³/mol. The van der Waals surface area contributed by atoms with Crippen LogP contribution in [0, 0.1) is 5.82 Å². The van der Waals surface area contributed by atoms with Gasteiger partial charge in [-0.2, -0.15) is 5.10 Å². The highest BCUT2D eigenvalue weighted by Gasteiger charge is 2.31. The molecule has 30 heavy (non-hydrogen) atoms. The zero-order chi connectivity index (χ0) is 21.4. The van der Waals surface area contributed by atoms with Gasteiger partial charge in [0.1, 0.15) is 29.2 Å². The highest BCUT2D eigenvalue weighted by atomic mass is 19.1. The average Bonchev–Trinajstić information content (AvgIpc) is 3.08. The van der Waals surface area contributed by atoms with Crippen LogP contribution in [-0.4, -0.2) is 49.9 Å². The molecular weight excluding hydrogens is 391 g/mol. The SMILES string of the molecule is CN1C(c2nn(Cc3ccccc3F)c3ncccc23)=NC(N)=C(NC(=O)O)C1N. The molecule has 1 aromatic carbocycles. The molecule has 0 saturated carbocycles. The molecule has 1 amide bonds. The van der Waals surface area contributed by atoms with Gasteiger partial charge in [-0.05, 0) is 18.2 Å². The number of hydrogen-bond acceptors (Lipinski definition) is 7. The summed E-state index contributed by atoms with van der Waals surface area (Å²) in [5.74, 6) is -0.0516. The Bertz CT molecular complexity index is 1200. The number of amides is 1. The minimum atomic E-state index is -1.29. The largest absolute Gasteiger partial charge is 0.465 e. The van der Waals surface area contributed by atoms with Gasteiger partial charge in [0.2, 0.25) is 0 Å². The predicted octanol–water partition coefficient (Wildman–Crippen LogP) is 0.991. The second-order valence-electron chi connectivity index (χ2n) is 6.69. The van der Waals surface area contributed by atoms with Gasteiger partial charge in [-0.1, -0.05) is 18.2 Å². The van der Waals surface area contributed by atoms with E-state index in [4.69, 9.17) is 16.6 Å². The van der Waals surface area contributed by atoms with Gasteiger partial charge in [-0.3, -0.25) is 5.32 Å². The number of amidine groups is 1. The number of benzene rings is 1. The van der Waals surface area contributed by atoms with Crippen LogP contribution < -0.4 is 16.8 Å². The number of carboxylic acid groups (broad SMARTS) is 1. The Labute approximate surface area is 170 Å². The Morgan fingerprint density at radius 1 is 1.30 bits per heavy atom. The highest BCUT2D eigenvalue weighted by Crippen LogP contribution is 2.24. The Morgan fingerprint density at radius 2 is 2.07 bits per heavy atom. The summed E-state index contributed by atoms with van der Waals surface area (Å²) in [7, 11) is 1.65. The third-order valence-corrected chi connectivity index (χ3v) is 4.79. The Hall–Kier alpha value is -3.99. The standard InChI is InChI=1S/C19H19FN8O2/c1-27-16(22)14(24-19(29)30)15(21)25-18(27)13-11-6-4-8-23-17(11)28(26-13)9-10-5-2-3-7-12(10)20/h2-8,16,24H,9,21-22H2,1H3,(H,29,30). The monoisotopic (exact) mass is 410 g/mol. The minimum Gasteiger partial charge on any atom is -0.465 e. The number of nitrogens with one attached hydrogen (secondary N) is 1. The summed E-state index contributed by atoms with van der Waals surface area (Å²) in [6, 6.07) is 10.00. The summed E-state index contributed by atoms with van der Waals surface area (Å²) in [5.41, 5.74) is 13.6. The molecule has 11 heteroatoms. The molecular formula is C19H19FN8O2. The van der Waals surface area contributed by atoms with Crippen molar-refractivity contribution >= 4 is 23.0 Å². The lowest BCUT2D eigenvalue weighted by Crippen LogP contribution is -2.52. The van der Waals surface area contributed by atoms with Crippen LogP contribution in [0.3, 0.4) is 0 Å². The maximum Gasteiger partial charge on any atom is 0.409 e. The van der Waals surface area contributed by atoms with Crippen molar-refractivity contribution in [3.05, 3.63) is 71.2 Å². The van der Waals surface area contributed by atoms with Crippen molar-refractivity contribution in [2.75, 3.05) is 7.05 Å². The maximum atomic E-state index is 14.2. The molecule has 1 atom stereocenters. The quantitative estimate of drug-likeness (QED) is 0.501. The number of pyridine rings is 1. The van der Waals surface area contributed by atoms with Crippen LogP contribution in [0.2, 0.25) is 0 Å². The number of halogens is 1. The van der Waals surface area contributed by atoms with Gasteiger partial charge in [-0.15, -0.1) is 0 Å². The second kappa shape index (κ2) is 7.44. The summed E-state index contributed by atoms with van der Waals surface area (Å²) in [5, 5.41) is 16.5. The average molecular weight is 410 g/mol. The van der Waals surface area contributed by atoms with Gasteiger partial charge in [0.05, 0.1) is 11.9 Å². The maximum absolute atomic E-state index is 14.2. The van der Waals surface area contributed by atoms with Gasteiger partial charge in [0.15, 0.2) is 11.5 Å². The van der Waals surface area contributed by atoms with Crippen LogP contribution in [0.4, 0.5) is 9.18 Å². The number of fused-ring (bicyclic) bond motifs is 1. The molecule has 2 aromatic heterocycles. The molecule has 3 aromatic rings.